The number of hydrogen-bond donors (Lipinski definition) is 1. The molecule has 0 fully saturated rings. The number of nitrogens with one attached hydrogen (secondary N) is 1. The van der Waals surface area contributed by atoms with Gasteiger partial charge in [0.15, 0.2) is 11.5 Å². The molecule has 0 bridgehead atoms. The fourth-order valence-corrected chi connectivity index (χ4v) is 1.92. The Morgan fingerprint density at radius 1 is 1.17 bits per heavy atom. The quantitative estimate of drug-likeness (QED) is 0.614. The van der Waals surface area contributed by atoms with Crippen LogP contribution in [0.2, 0.25) is 0 Å². The van der Waals surface area contributed by atoms with Gasteiger partial charge in [0.25, 0.3) is 0 Å². The second kappa shape index (κ2) is 6.93. The molecule has 3 nitrogen and oxygen atoms in total. The molecule has 0 unspecified atom stereocenters. The molecule has 1 aliphatic rings. The van der Waals surface area contributed by atoms with Crippen molar-refractivity contribution in [3.63, 3.8) is 0 Å². The van der Waals surface area contributed by atoms with Crippen molar-refractivity contribution >= 4 is 0 Å². The Morgan fingerprint density at radius 2 is 2.00 bits per heavy atom. The van der Waals surface area contributed by atoms with Gasteiger partial charge in [0.1, 0.15) is 13.2 Å². The Hall–Kier alpha value is -1.66. The van der Waals surface area contributed by atoms with Crippen LogP contribution >= 0.6 is 0 Å². The lowest BCUT2D eigenvalue weighted by atomic mass is 10.1. The van der Waals surface area contributed by atoms with E-state index in [1.165, 1.54) is 5.56 Å². The second-order valence-corrected chi connectivity index (χ2v) is 4.29. The van der Waals surface area contributed by atoms with Crippen LogP contribution in [0.1, 0.15) is 18.4 Å². The highest BCUT2D eigenvalue weighted by atomic mass is 16.6. The Balaban J connectivity index is 1.74. The summed E-state index contributed by atoms with van der Waals surface area (Å²) in [6.45, 7) is 3.23. The molecular formula is C15H19NO2. The normalized spacial score (nSPS) is 13.1. The van der Waals surface area contributed by atoms with Crippen molar-refractivity contribution in [3.8, 4) is 23.8 Å². The smallest absolute Gasteiger partial charge is 0.161 e. The van der Waals surface area contributed by atoms with Crippen molar-refractivity contribution < 1.29 is 9.47 Å². The number of terminal acetylenes is 1. The molecule has 0 aromatic heterocycles. The van der Waals surface area contributed by atoms with Gasteiger partial charge in [-0.05, 0) is 43.6 Å². The zero-order valence-corrected chi connectivity index (χ0v) is 10.6. The maximum absolute atomic E-state index is 5.56. The SMILES string of the molecule is C#CCCCNCCc1ccc2c(c1)OCCO2. The summed E-state index contributed by atoms with van der Waals surface area (Å²) in [4.78, 5) is 0. The molecule has 1 N–H and O–H groups in total. The highest BCUT2D eigenvalue weighted by Crippen LogP contribution is 2.30. The first kappa shape index (κ1) is 12.8. The van der Waals surface area contributed by atoms with Crippen molar-refractivity contribution in [1.29, 1.82) is 0 Å². The van der Waals surface area contributed by atoms with Gasteiger partial charge >= 0.3 is 0 Å². The number of hydrogen-bond acceptors (Lipinski definition) is 3. The third-order valence-electron chi connectivity index (χ3n) is 2.87. The van der Waals surface area contributed by atoms with Crippen molar-refractivity contribution in [3.05, 3.63) is 23.8 Å². The molecule has 1 aliphatic heterocycles. The predicted molar refractivity (Wildman–Crippen MR) is 72.1 cm³/mol. The molecule has 1 heterocycles. The summed E-state index contributed by atoms with van der Waals surface area (Å²) >= 11 is 0. The molecule has 0 atom stereocenters. The van der Waals surface area contributed by atoms with E-state index in [2.05, 4.69) is 23.4 Å². The fourth-order valence-electron chi connectivity index (χ4n) is 1.92. The van der Waals surface area contributed by atoms with Crippen LogP contribution in [0.5, 0.6) is 11.5 Å². The molecule has 0 spiro atoms. The number of unbranched alkanes of at least 4 members (excludes halogenated alkanes) is 1. The summed E-state index contributed by atoms with van der Waals surface area (Å²) in [5.74, 6) is 4.36. The Bertz CT molecular complexity index is 423. The van der Waals surface area contributed by atoms with Gasteiger partial charge in [-0.1, -0.05) is 6.07 Å². The highest BCUT2D eigenvalue weighted by molar-refractivity contribution is 5.43. The van der Waals surface area contributed by atoms with Gasteiger partial charge < -0.3 is 14.8 Å². The van der Waals surface area contributed by atoms with Crippen LogP contribution in [0, 0.1) is 12.3 Å². The Kier molecular flexibility index (Phi) is 4.92. The minimum absolute atomic E-state index is 0.640. The Labute approximate surface area is 108 Å². The van der Waals surface area contributed by atoms with Crippen LogP contribution in [0.25, 0.3) is 0 Å². The molecule has 0 amide bonds. The standard InChI is InChI=1S/C15H19NO2/c1-2-3-4-8-16-9-7-13-5-6-14-15(12-13)18-11-10-17-14/h1,5-6,12,16H,3-4,7-11H2. The van der Waals surface area contributed by atoms with E-state index in [0.717, 1.165) is 43.9 Å². The second-order valence-electron chi connectivity index (χ2n) is 4.29. The molecule has 18 heavy (non-hydrogen) atoms. The molecule has 0 radical (unpaired) electrons. The van der Waals surface area contributed by atoms with Gasteiger partial charge in [-0.25, -0.2) is 0 Å². The topological polar surface area (TPSA) is 30.5 Å². The van der Waals surface area contributed by atoms with Crippen molar-refractivity contribution in [2.45, 2.75) is 19.3 Å². The molecule has 1 aromatic rings. The molecule has 0 saturated carbocycles. The van der Waals surface area contributed by atoms with Gasteiger partial charge in [0.2, 0.25) is 0 Å². The number of ether oxygens (including phenoxy) is 2. The molecule has 2 rings (SSSR count). The average Bonchev–Trinajstić information content (AvgIpc) is 2.42. The lowest BCUT2D eigenvalue weighted by Gasteiger charge is -2.18. The summed E-state index contributed by atoms with van der Waals surface area (Å²) < 4.78 is 11.0. The van der Waals surface area contributed by atoms with Gasteiger partial charge in [0, 0.05) is 6.42 Å². The summed E-state index contributed by atoms with van der Waals surface area (Å²) in [6, 6.07) is 6.15. The number of rotatable bonds is 6. The highest BCUT2D eigenvalue weighted by Gasteiger charge is 2.11. The monoisotopic (exact) mass is 245 g/mol. The maximum Gasteiger partial charge on any atom is 0.161 e. The minimum Gasteiger partial charge on any atom is -0.486 e. The van der Waals surface area contributed by atoms with Crippen LogP contribution < -0.4 is 14.8 Å². The number of benzene rings is 1. The Morgan fingerprint density at radius 3 is 2.83 bits per heavy atom. The van der Waals surface area contributed by atoms with E-state index in [-0.39, 0.29) is 0 Å². The van der Waals surface area contributed by atoms with Crippen LogP contribution in [0.4, 0.5) is 0 Å². The largest absolute Gasteiger partial charge is 0.486 e. The first-order valence-electron chi connectivity index (χ1n) is 6.43. The third-order valence-corrected chi connectivity index (χ3v) is 2.87. The zero-order chi connectivity index (χ0) is 12.6. The van der Waals surface area contributed by atoms with E-state index >= 15 is 0 Å². The summed E-state index contributed by atoms with van der Waals surface area (Å²) in [5.41, 5.74) is 1.27. The molecule has 1 aromatic carbocycles. The van der Waals surface area contributed by atoms with E-state index in [1.54, 1.807) is 0 Å². The maximum atomic E-state index is 5.56. The van der Waals surface area contributed by atoms with Crippen LogP contribution in [0.15, 0.2) is 18.2 Å². The van der Waals surface area contributed by atoms with E-state index in [9.17, 15) is 0 Å². The van der Waals surface area contributed by atoms with E-state index < -0.39 is 0 Å². The van der Waals surface area contributed by atoms with Gasteiger partial charge in [-0.3, -0.25) is 0 Å². The van der Waals surface area contributed by atoms with Crippen LogP contribution in [-0.4, -0.2) is 26.3 Å². The van der Waals surface area contributed by atoms with E-state index in [4.69, 9.17) is 15.9 Å². The molecular weight excluding hydrogens is 226 g/mol. The molecule has 96 valence electrons. The average molecular weight is 245 g/mol. The zero-order valence-electron chi connectivity index (χ0n) is 10.6. The van der Waals surface area contributed by atoms with E-state index in [0.29, 0.717) is 13.2 Å². The summed E-state index contributed by atoms with van der Waals surface area (Å²) in [5, 5.41) is 3.38. The van der Waals surface area contributed by atoms with Crippen molar-refractivity contribution in [2.24, 2.45) is 0 Å². The van der Waals surface area contributed by atoms with Gasteiger partial charge in [-0.15, -0.1) is 12.3 Å². The molecule has 3 heteroatoms. The summed E-state index contributed by atoms with van der Waals surface area (Å²) in [6.07, 6.45) is 8.07. The fraction of sp³-hybridized carbons (Fsp3) is 0.467. The van der Waals surface area contributed by atoms with Crippen LogP contribution in [0.3, 0.4) is 0 Å². The molecule has 0 aliphatic carbocycles. The molecule has 0 saturated heterocycles. The number of fused-ring (bicyclic) bond motifs is 1. The van der Waals surface area contributed by atoms with Crippen LogP contribution in [-0.2, 0) is 6.42 Å². The lowest BCUT2D eigenvalue weighted by Crippen LogP contribution is -2.19. The van der Waals surface area contributed by atoms with Gasteiger partial charge in [-0.2, -0.15) is 0 Å². The third kappa shape index (κ3) is 3.68. The minimum atomic E-state index is 0.640. The van der Waals surface area contributed by atoms with Crippen molar-refractivity contribution in [1.82, 2.24) is 5.32 Å². The lowest BCUT2D eigenvalue weighted by molar-refractivity contribution is 0.171. The van der Waals surface area contributed by atoms with Gasteiger partial charge in [0.05, 0.1) is 0 Å². The predicted octanol–water partition coefficient (Wildman–Crippen LogP) is 2.00. The van der Waals surface area contributed by atoms with Crippen molar-refractivity contribution in [2.75, 3.05) is 26.3 Å². The first-order chi connectivity index (χ1) is 8.90. The summed E-state index contributed by atoms with van der Waals surface area (Å²) in [7, 11) is 0. The van der Waals surface area contributed by atoms with E-state index in [1.807, 2.05) is 6.07 Å². The first-order valence-corrected chi connectivity index (χ1v) is 6.43.